The van der Waals surface area contributed by atoms with E-state index in [0.717, 1.165) is 12.1 Å². The summed E-state index contributed by atoms with van der Waals surface area (Å²) in [6.45, 7) is 0. The highest BCUT2D eigenvalue weighted by atomic mass is 32.2. The number of primary amides is 1. The highest BCUT2D eigenvalue weighted by Gasteiger charge is 2.27. The van der Waals surface area contributed by atoms with Gasteiger partial charge in [0, 0.05) is 0 Å². The van der Waals surface area contributed by atoms with E-state index < -0.39 is 45.1 Å². The predicted molar refractivity (Wildman–Crippen MR) is 68.5 cm³/mol. The Morgan fingerprint density at radius 1 is 1.48 bits per heavy atom. The fraction of sp³-hybridized carbons (Fsp3) is 0.273. The van der Waals surface area contributed by atoms with Crippen molar-refractivity contribution < 1.29 is 32.2 Å². The topological polar surface area (TPSA) is 136 Å². The zero-order valence-corrected chi connectivity index (χ0v) is 11.7. The number of rotatable bonds is 7. The largest absolute Gasteiger partial charge is 0.494 e. The molecule has 0 aliphatic rings. The number of nitrogens with one attached hydrogen (secondary N) is 1. The minimum atomic E-state index is -4.33. The normalized spacial score (nSPS) is 12.7. The quantitative estimate of drug-likeness (QED) is 0.616. The summed E-state index contributed by atoms with van der Waals surface area (Å²) in [4.78, 5) is 21.1. The molecule has 1 atom stereocenters. The summed E-state index contributed by atoms with van der Waals surface area (Å²) in [5.74, 6) is -3.67. The third kappa shape index (κ3) is 4.39. The Hall–Kier alpha value is -2.20. The first-order valence-electron chi connectivity index (χ1n) is 5.54. The van der Waals surface area contributed by atoms with Crippen LogP contribution in [0, 0.1) is 5.82 Å². The Labute approximate surface area is 119 Å². The van der Waals surface area contributed by atoms with E-state index in [4.69, 9.17) is 10.8 Å². The SMILES string of the molecule is COc1ccc(S(=O)(=O)N[C@H](CC(N)=O)C(=O)O)cc1F. The van der Waals surface area contributed by atoms with Crippen molar-refractivity contribution in [3.05, 3.63) is 24.0 Å². The van der Waals surface area contributed by atoms with Gasteiger partial charge in [0.15, 0.2) is 11.6 Å². The fourth-order valence-electron chi connectivity index (χ4n) is 1.45. The highest BCUT2D eigenvalue weighted by Crippen LogP contribution is 2.20. The van der Waals surface area contributed by atoms with E-state index in [1.54, 1.807) is 4.72 Å². The van der Waals surface area contributed by atoms with Gasteiger partial charge in [0.25, 0.3) is 0 Å². The van der Waals surface area contributed by atoms with Gasteiger partial charge in [-0.25, -0.2) is 12.8 Å². The van der Waals surface area contributed by atoms with Gasteiger partial charge in [-0.3, -0.25) is 9.59 Å². The molecule has 0 bridgehead atoms. The summed E-state index contributed by atoms with van der Waals surface area (Å²) in [5.41, 5.74) is 4.84. The maximum Gasteiger partial charge on any atom is 0.322 e. The molecule has 1 aromatic carbocycles. The molecular formula is C11H13FN2O6S. The van der Waals surface area contributed by atoms with E-state index in [9.17, 15) is 22.4 Å². The monoisotopic (exact) mass is 320 g/mol. The summed E-state index contributed by atoms with van der Waals surface area (Å²) in [6.07, 6.45) is -0.729. The van der Waals surface area contributed by atoms with Gasteiger partial charge in [-0.1, -0.05) is 0 Å². The molecule has 0 heterocycles. The van der Waals surface area contributed by atoms with Gasteiger partial charge < -0.3 is 15.6 Å². The first kappa shape index (κ1) is 16.9. The van der Waals surface area contributed by atoms with E-state index in [1.807, 2.05) is 0 Å². The molecular weight excluding hydrogens is 307 g/mol. The van der Waals surface area contributed by atoms with Crippen molar-refractivity contribution >= 4 is 21.9 Å². The smallest absolute Gasteiger partial charge is 0.322 e. The fourth-order valence-corrected chi connectivity index (χ4v) is 2.65. The maximum atomic E-state index is 13.5. The lowest BCUT2D eigenvalue weighted by molar-refractivity contribution is -0.140. The molecule has 1 rings (SSSR count). The third-order valence-electron chi connectivity index (χ3n) is 2.43. The molecule has 0 fully saturated rings. The number of carbonyl (C=O) groups excluding carboxylic acids is 1. The molecule has 0 unspecified atom stereocenters. The van der Waals surface area contributed by atoms with Crippen LogP contribution in [0.1, 0.15) is 6.42 Å². The summed E-state index contributed by atoms with van der Waals surface area (Å²) in [5, 5.41) is 8.84. The molecule has 4 N–H and O–H groups in total. The number of aliphatic carboxylic acids is 1. The number of carbonyl (C=O) groups is 2. The molecule has 0 saturated carbocycles. The Morgan fingerprint density at radius 2 is 2.10 bits per heavy atom. The van der Waals surface area contributed by atoms with Gasteiger partial charge >= 0.3 is 5.97 Å². The number of methoxy groups -OCH3 is 1. The number of sulfonamides is 1. The minimum Gasteiger partial charge on any atom is -0.494 e. The Morgan fingerprint density at radius 3 is 2.52 bits per heavy atom. The number of amides is 1. The first-order valence-corrected chi connectivity index (χ1v) is 7.02. The molecule has 8 nitrogen and oxygen atoms in total. The minimum absolute atomic E-state index is 0.166. The van der Waals surface area contributed by atoms with Gasteiger partial charge in [0.2, 0.25) is 15.9 Å². The van der Waals surface area contributed by atoms with Crippen LogP contribution in [0.25, 0.3) is 0 Å². The van der Waals surface area contributed by atoms with Crippen molar-refractivity contribution in [2.45, 2.75) is 17.4 Å². The van der Waals surface area contributed by atoms with Crippen LogP contribution in [-0.2, 0) is 19.6 Å². The van der Waals surface area contributed by atoms with Crippen LogP contribution < -0.4 is 15.2 Å². The summed E-state index contributed by atoms with van der Waals surface area (Å²) in [6, 6.07) is 1.04. The highest BCUT2D eigenvalue weighted by molar-refractivity contribution is 7.89. The van der Waals surface area contributed by atoms with Crippen molar-refractivity contribution in [3.63, 3.8) is 0 Å². The molecule has 0 spiro atoms. The number of hydrogen-bond acceptors (Lipinski definition) is 5. The number of hydrogen-bond donors (Lipinski definition) is 3. The van der Waals surface area contributed by atoms with Crippen molar-refractivity contribution in [3.8, 4) is 5.75 Å². The molecule has 1 aromatic rings. The lowest BCUT2D eigenvalue weighted by atomic mass is 10.2. The molecule has 0 aromatic heterocycles. The van der Waals surface area contributed by atoms with E-state index in [1.165, 1.54) is 7.11 Å². The second kappa shape index (κ2) is 6.50. The molecule has 21 heavy (non-hydrogen) atoms. The van der Waals surface area contributed by atoms with E-state index in [2.05, 4.69) is 4.74 Å². The Bertz CT molecular complexity index is 661. The van der Waals surface area contributed by atoms with Crippen LogP contribution in [0.4, 0.5) is 4.39 Å². The van der Waals surface area contributed by atoms with Crippen LogP contribution in [0.2, 0.25) is 0 Å². The van der Waals surface area contributed by atoms with Crippen molar-refractivity contribution in [2.75, 3.05) is 7.11 Å². The van der Waals surface area contributed by atoms with E-state index >= 15 is 0 Å². The lowest BCUT2D eigenvalue weighted by Crippen LogP contribution is -2.43. The van der Waals surface area contributed by atoms with Gasteiger partial charge in [0.05, 0.1) is 18.4 Å². The standard InChI is InChI=1S/C11H13FN2O6S/c1-20-9-3-2-6(4-7(9)12)21(18,19)14-8(11(16)17)5-10(13)15/h2-4,8,14H,5H2,1H3,(H2,13,15)(H,16,17)/t8-/m1/s1. The van der Waals surface area contributed by atoms with Crippen molar-refractivity contribution in [2.24, 2.45) is 5.73 Å². The van der Waals surface area contributed by atoms with Gasteiger partial charge in [0.1, 0.15) is 6.04 Å². The second-order valence-corrected chi connectivity index (χ2v) is 5.69. The first-order chi connectivity index (χ1) is 9.67. The molecule has 0 radical (unpaired) electrons. The maximum absolute atomic E-state index is 13.5. The Balaban J connectivity index is 3.07. The number of halogens is 1. The summed E-state index contributed by atoms with van der Waals surface area (Å²) >= 11 is 0. The average Bonchev–Trinajstić information content (AvgIpc) is 2.36. The lowest BCUT2D eigenvalue weighted by Gasteiger charge is -2.13. The van der Waals surface area contributed by atoms with Crippen LogP contribution in [0.3, 0.4) is 0 Å². The van der Waals surface area contributed by atoms with Crippen molar-refractivity contribution in [1.29, 1.82) is 0 Å². The van der Waals surface area contributed by atoms with Gasteiger partial charge in [-0.15, -0.1) is 0 Å². The Kier molecular flexibility index (Phi) is 5.22. The van der Waals surface area contributed by atoms with Gasteiger partial charge in [-0.05, 0) is 18.2 Å². The number of benzene rings is 1. The van der Waals surface area contributed by atoms with Gasteiger partial charge in [-0.2, -0.15) is 4.72 Å². The third-order valence-corrected chi connectivity index (χ3v) is 3.90. The molecule has 10 heteroatoms. The second-order valence-electron chi connectivity index (χ2n) is 3.98. The average molecular weight is 320 g/mol. The van der Waals surface area contributed by atoms with Crippen LogP contribution >= 0.6 is 0 Å². The molecule has 0 aliphatic carbocycles. The van der Waals surface area contributed by atoms with Crippen LogP contribution in [0.15, 0.2) is 23.1 Å². The summed E-state index contributed by atoms with van der Waals surface area (Å²) in [7, 11) is -3.13. The molecule has 1 amide bonds. The van der Waals surface area contributed by atoms with Crippen LogP contribution in [-0.4, -0.2) is 38.6 Å². The zero-order valence-electron chi connectivity index (χ0n) is 10.9. The van der Waals surface area contributed by atoms with Crippen molar-refractivity contribution in [1.82, 2.24) is 4.72 Å². The number of ether oxygens (including phenoxy) is 1. The molecule has 0 saturated heterocycles. The zero-order chi connectivity index (χ0) is 16.2. The van der Waals surface area contributed by atoms with E-state index in [0.29, 0.717) is 6.07 Å². The number of carboxylic acids is 1. The predicted octanol–water partition coefficient (Wildman–Crippen LogP) is -0.559. The van der Waals surface area contributed by atoms with E-state index in [-0.39, 0.29) is 5.75 Å². The number of carboxylic acid groups (broad SMARTS) is 1. The van der Waals surface area contributed by atoms with Crippen LogP contribution in [0.5, 0.6) is 5.75 Å². The number of nitrogens with two attached hydrogens (primary N) is 1. The molecule has 0 aliphatic heterocycles. The molecule has 116 valence electrons. The summed E-state index contributed by atoms with van der Waals surface area (Å²) < 4.78 is 43.8.